The van der Waals surface area contributed by atoms with Crippen LogP contribution in [-0.2, 0) is 0 Å². The first-order valence-corrected chi connectivity index (χ1v) is 6.43. The molecular formula is C14H14N2O4. The third-order valence-electron chi connectivity index (χ3n) is 3.51. The molecule has 1 aromatic carbocycles. The van der Waals surface area contributed by atoms with E-state index in [0.29, 0.717) is 17.2 Å². The SMILES string of the molecule is O=C(NCC1CC1)c1c(O)c2ccccc2n(O)c1=O. The number of aromatic nitrogens is 1. The van der Waals surface area contributed by atoms with Crippen molar-refractivity contribution in [1.29, 1.82) is 0 Å². The molecule has 104 valence electrons. The molecular weight excluding hydrogens is 260 g/mol. The summed E-state index contributed by atoms with van der Waals surface area (Å²) >= 11 is 0. The molecule has 3 N–H and O–H groups in total. The number of hydrogen-bond donors (Lipinski definition) is 3. The zero-order chi connectivity index (χ0) is 14.3. The molecule has 1 aliphatic rings. The lowest BCUT2D eigenvalue weighted by Gasteiger charge is -2.10. The Morgan fingerprint density at radius 2 is 2.05 bits per heavy atom. The van der Waals surface area contributed by atoms with Gasteiger partial charge in [-0.3, -0.25) is 9.59 Å². The molecule has 1 aliphatic carbocycles. The number of pyridine rings is 1. The first kappa shape index (κ1) is 12.5. The number of carbonyl (C=O) groups excluding carboxylic acids is 1. The second kappa shape index (κ2) is 4.56. The van der Waals surface area contributed by atoms with Gasteiger partial charge in [0.1, 0.15) is 11.3 Å². The van der Waals surface area contributed by atoms with E-state index < -0.39 is 22.8 Å². The van der Waals surface area contributed by atoms with Gasteiger partial charge in [0.15, 0.2) is 0 Å². The van der Waals surface area contributed by atoms with Crippen LogP contribution in [0.1, 0.15) is 23.2 Å². The summed E-state index contributed by atoms with van der Waals surface area (Å²) in [4.78, 5) is 24.0. The van der Waals surface area contributed by atoms with Crippen molar-refractivity contribution in [2.24, 2.45) is 5.92 Å². The molecule has 0 radical (unpaired) electrons. The van der Waals surface area contributed by atoms with Crippen LogP contribution < -0.4 is 10.9 Å². The van der Waals surface area contributed by atoms with Crippen molar-refractivity contribution in [1.82, 2.24) is 10.0 Å². The summed E-state index contributed by atoms with van der Waals surface area (Å²) in [5.74, 6) is -0.602. The Morgan fingerprint density at radius 3 is 2.75 bits per heavy atom. The Hall–Kier alpha value is -2.50. The molecule has 0 atom stereocenters. The number of fused-ring (bicyclic) bond motifs is 1. The number of aromatic hydroxyl groups is 1. The van der Waals surface area contributed by atoms with Gasteiger partial charge >= 0.3 is 0 Å². The van der Waals surface area contributed by atoms with Gasteiger partial charge in [-0.05, 0) is 30.9 Å². The van der Waals surface area contributed by atoms with Crippen LogP contribution in [-0.4, -0.2) is 27.5 Å². The number of hydrogen-bond acceptors (Lipinski definition) is 4. The zero-order valence-electron chi connectivity index (χ0n) is 10.7. The molecule has 2 aromatic rings. The molecule has 0 spiro atoms. The fraction of sp³-hybridized carbons (Fsp3) is 0.286. The highest BCUT2D eigenvalue weighted by Crippen LogP contribution is 2.28. The summed E-state index contributed by atoms with van der Waals surface area (Å²) in [5, 5.41) is 22.8. The van der Waals surface area contributed by atoms with Gasteiger partial charge in [0.2, 0.25) is 0 Å². The normalized spacial score (nSPS) is 14.4. The van der Waals surface area contributed by atoms with Crippen LogP contribution in [0.5, 0.6) is 5.75 Å². The van der Waals surface area contributed by atoms with Crippen LogP contribution in [0, 0.1) is 5.92 Å². The van der Waals surface area contributed by atoms with Gasteiger partial charge in [0.05, 0.1) is 5.52 Å². The molecule has 0 saturated heterocycles. The van der Waals surface area contributed by atoms with Gasteiger partial charge in [-0.1, -0.05) is 12.1 Å². The van der Waals surface area contributed by atoms with Crippen molar-refractivity contribution in [3.05, 3.63) is 40.2 Å². The Balaban J connectivity index is 2.09. The molecule has 3 rings (SSSR count). The molecule has 1 amide bonds. The molecule has 6 nitrogen and oxygen atoms in total. The van der Waals surface area contributed by atoms with E-state index in [0.717, 1.165) is 12.8 Å². The third-order valence-corrected chi connectivity index (χ3v) is 3.51. The summed E-state index contributed by atoms with van der Waals surface area (Å²) in [6.07, 6.45) is 2.13. The Bertz CT molecular complexity index is 747. The largest absolute Gasteiger partial charge is 0.506 e. The minimum atomic E-state index is -0.922. The van der Waals surface area contributed by atoms with E-state index in [9.17, 15) is 19.9 Å². The lowest BCUT2D eigenvalue weighted by atomic mass is 10.1. The standard InChI is InChI=1S/C14H14N2O4/c17-12-9-3-1-2-4-10(9)16(20)14(19)11(12)13(18)15-7-8-5-6-8/h1-4,8,17,20H,5-7H2,(H,15,18). The fourth-order valence-corrected chi connectivity index (χ4v) is 2.16. The predicted octanol–water partition coefficient (Wildman–Crippen LogP) is 1.08. The molecule has 6 heteroatoms. The number of nitrogens with zero attached hydrogens (tertiary/aromatic N) is 1. The second-order valence-corrected chi connectivity index (χ2v) is 5.01. The number of para-hydroxylation sites is 1. The summed E-state index contributed by atoms with van der Waals surface area (Å²) < 4.78 is 0.390. The summed E-state index contributed by atoms with van der Waals surface area (Å²) in [6, 6.07) is 6.30. The molecule has 20 heavy (non-hydrogen) atoms. The van der Waals surface area contributed by atoms with E-state index in [1.54, 1.807) is 12.1 Å². The van der Waals surface area contributed by atoms with Gasteiger partial charge in [0.25, 0.3) is 11.5 Å². The molecule has 1 heterocycles. The van der Waals surface area contributed by atoms with Crippen LogP contribution in [0.4, 0.5) is 0 Å². The maximum absolute atomic E-state index is 12.0. The maximum Gasteiger partial charge on any atom is 0.300 e. The van der Waals surface area contributed by atoms with E-state index in [4.69, 9.17) is 0 Å². The quantitative estimate of drug-likeness (QED) is 0.730. The molecule has 1 saturated carbocycles. The lowest BCUT2D eigenvalue weighted by Crippen LogP contribution is -2.33. The Kier molecular flexibility index (Phi) is 2.85. The van der Waals surface area contributed by atoms with E-state index in [-0.39, 0.29) is 10.9 Å². The molecule has 0 bridgehead atoms. The van der Waals surface area contributed by atoms with Gasteiger partial charge in [-0.15, -0.1) is 4.73 Å². The minimum Gasteiger partial charge on any atom is -0.506 e. The third kappa shape index (κ3) is 1.99. The lowest BCUT2D eigenvalue weighted by molar-refractivity contribution is 0.0941. The fourth-order valence-electron chi connectivity index (χ4n) is 2.16. The summed E-state index contributed by atoms with van der Waals surface area (Å²) in [7, 11) is 0. The molecule has 1 fully saturated rings. The van der Waals surface area contributed by atoms with Crippen molar-refractivity contribution in [2.75, 3.05) is 6.54 Å². The van der Waals surface area contributed by atoms with Crippen LogP contribution in [0.15, 0.2) is 29.1 Å². The molecule has 1 aromatic heterocycles. The van der Waals surface area contributed by atoms with Crippen molar-refractivity contribution < 1.29 is 15.1 Å². The van der Waals surface area contributed by atoms with Crippen molar-refractivity contribution in [2.45, 2.75) is 12.8 Å². The van der Waals surface area contributed by atoms with Gasteiger partial charge in [-0.25, -0.2) is 0 Å². The zero-order valence-corrected chi connectivity index (χ0v) is 10.7. The van der Waals surface area contributed by atoms with Crippen LogP contribution in [0.25, 0.3) is 10.9 Å². The van der Waals surface area contributed by atoms with E-state index in [2.05, 4.69) is 5.32 Å². The maximum atomic E-state index is 12.0. The van der Waals surface area contributed by atoms with Gasteiger partial charge in [0, 0.05) is 11.9 Å². The molecule has 0 aliphatic heterocycles. The summed E-state index contributed by atoms with van der Waals surface area (Å²) in [6.45, 7) is 0.482. The van der Waals surface area contributed by atoms with Crippen LogP contribution in [0.2, 0.25) is 0 Å². The highest BCUT2D eigenvalue weighted by Gasteiger charge is 2.25. The van der Waals surface area contributed by atoms with Crippen LogP contribution in [0.3, 0.4) is 0 Å². The van der Waals surface area contributed by atoms with Crippen molar-refractivity contribution >= 4 is 16.8 Å². The van der Waals surface area contributed by atoms with E-state index in [1.807, 2.05) is 0 Å². The van der Waals surface area contributed by atoms with E-state index >= 15 is 0 Å². The van der Waals surface area contributed by atoms with E-state index in [1.165, 1.54) is 12.1 Å². The number of rotatable bonds is 3. The first-order valence-electron chi connectivity index (χ1n) is 6.43. The van der Waals surface area contributed by atoms with Crippen molar-refractivity contribution in [3.8, 4) is 5.75 Å². The number of nitrogens with one attached hydrogen (secondary N) is 1. The predicted molar refractivity (Wildman–Crippen MR) is 72.1 cm³/mol. The highest BCUT2D eigenvalue weighted by molar-refractivity contribution is 6.02. The average Bonchev–Trinajstić information content (AvgIpc) is 3.27. The smallest absolute Gasteiger partial charge is 0.300 e. The first-order chi connectivity index (χ1) is 9.59. The minimum absolute atomic E-state index is 0.161. The van der Waals surface area contributed by atoms with Crippen molar-refractivity contribution in [3.63, 3.8) is 0 Å². The monoisotopic (exact) mass is 274 g/mol. The Labute approximate surface area is 114 Å². The number of benzene rings is 1. The van der Waals surface area contributed by atoms with Gasteiger partial charge < -0.3 is 15.6 Å². The Morgan fingerprint density at radius 1 is 1.35 bits per heavy atom. The number of carbonyl (C=O) groups is 1. The van der Waals surface area contributed by atoms with Gasteiger partial charge in [-0.2, -0.15) is 0 Å². The second-order valence-electron chi connectivity index (χ2n) is 5.01. The van der Waals surface area contributed by atoms with Crippen LogP contribution >= 0.6 is 0 Å². The highest BCUT2D eigenvalue weighted by atomic mass is 16.5. The summed E-state index contributed by atoms with van der Waals surface area (Å²) in [5.41, 5.74) is -1.19. The molecule has 0 unspecified atom stereocenters. The topological polar surface area (TPSA) is 91.6 Å². The number of amides is 1. The average molecular weight is 274 g/mol.